The molecule has 0 N–H and O–H groups in total. The monoisotopic (exact) mass is 574 g/mol. The molecule has 10 aromatic rings. The van der Waals surface area contributed by atoms with E-state index in [4.69, 9.17) is 18.8 Å². The van der Waals surface area contributed by atoms with Crippen molar-refractivity contribution >= 4 is 97.4 Å². The molecule has 0 aliphatic carbocycles. The van der Waals surface area contributed by atoms with E-state index < -0.39 is 0 Å². The molecule has 196 valence electrons. The van der Waals surface area contributed by atoms with Crippen LogP contribution >= 0.6 is 22.7 Å². The molecule has 0 radical (unpaired) electrons. The van der Waals surface area contributed by atoms with Crippen LogP contribution in [0.2, 0.25) is 0 Å². The van der Waals surface area contributed by atoms with E-state index >= 15 is 0 Å². The van der Waals surface area contributed by atoms with Crippen molar-refractivity contribution in [2.24, 2.45) is 0 Å². The Hall–Kier alpha value is -5.04. The number of fused-ring (bicyclic) bond motifs is 9. The molecule has 42 heavy (non-hydrogen) atoms. The molecular weight excluding hydrogens is 557 g/mol. The summed E-state index contributed by atoms with van der Waals surface area (Å²) >= 11 is 3.45. The summed E-state index contributed by atoms with van der Waals surface area (Å²) in [4.78, 5) is 11.8. The Bertz CT molecular complexity index is 2450. The highest BCUT2D eigenvalue weighted by molar-refractivity contribution is 7.23. The van der Waals surface area contributed by atoms with Crippen LogP contribution in [0.4, 0.5) is 0 Å². The molecule has 0 saturated heterocycles. The zero-order valence-corrected chi connectivity index (χ0v) is 23.6. The first-order valence-corrected chi connectivity index (χ1v) is 15.4. The average Bonchev–Trinajstić information content (AvgIpc) is 3.82. The minimum Gasteiger partial charge on any atom is -0.435 e. The van der Waals surface area contributed by atoms with E-state index in [1.165, 1.54) is 41.7 Å². The Morgan fingerprint density at radius 2 is 0.881 bits per heavy atom. The molecule has 4 nitrogen and oxygen atoms in total. The van der Waals surface area contributed by atoms with E-state index in [-0.39, 0.29) is 0 Å². The summed E-state index contributed by atoms with van der Waals surface area (Å²) in [5, 5.41) is 9.49. The minimum atomic E-state index is 0.645. The molecule has 4 aromatic heterocycles. The largest absolute Gasteiger partial charge is 0.435 e. The Balaban J connectivity index is 1.07. The number of hydrogen-bond acceptors (Lipinski definition) is 6. The Morgan fingerprint density at radius 3 is 1.38 bits per heavy atom. The van der Waals surface area contributed by atoms with Gasteiger partial charge in [-0.15, -0.1) is 22.7 Å². The molecule has 0 spiro atoms. The Labute approximate surface area is 246 Å². The van der Waals surface area contributed by atoms with Crippen LogP contribution in [-0.4, -0.2) is 9.97 Å². The van der Waals surface area contributed by atoms with Gasteiger partial charge in [-0.3, -0.25) is 0 Å². The molecule has 6 aromatic carbocycles. The summed E-state index contributed by atoms with van der Waals surface area (Å²) in [7, 11) is 0. The van der Waals surface area contributed by atoms with Crippen LogP contribution in [0.3, 0.4) is 0 Å². The molecule has 0 bridgehead atoms. The third-order valence-electron chi connectivity index (χ3n) is 8.09. The van der Waals surface area contributed by atoms with E-state index in [1.54, 1.807) is 22.7 Å². The standard InChI is InChI=1S/C36H18N2O2S2/c1-3-7-25-19(5-1)9-11-21-17-31(41-33(21)25)35-37-27-13-23-16-30-28(14-24(23)15-29(27)39-35)38-36(40-30)32-18-22-12-10-20-6-2-4-8-26(20)34(22)42-32/h1-18H. The van der Waals surface area contributed by atoms with Crippen molar-refractivity contribution in [3.05, 3.63) is 109 Å². The molecule has 4 heterocycles. The molecule has 0 fully saturated rings. The third-order valence-corrected chi connectivity index (χ3v) is 10.4. The average molecular weight is 575 g/mol. The zero-order valence-electron chi connectivity index (χ0n) is 21.9. The van der Waals surface area contributed by atoms with Gasteiger partial charge in [0.05, 0.1) is 9.75 Å². The lowest BCUT2D eigenvalue weighted by Crippen LogP contribution is -1.76. The van der Waals surface area contributed by atoms with Gasteiger partial charge in [-0.05, 0) is 79.5 Å². The van der Waals surface area contributed by atoms with Crippen LogP contribution in [0.5, 0.6) is 0 Å². The number of aromatic nitrogens is 2. The van der Waals surface area contributed by atoms with Crippen LogP contribution in [0.25, 0.3) is 96.2 Å². The maximum Gasteiger partial charge on any atom is 0.237 e. The van der Waals surface area contributed by atoms with Crippen LogP contribution < -0.4 is 0 Å². The second-order valence-electron chi connectivity index (χ2n) is 10.7. The first-order chi connectivity index (χ1) is 20.7. The topological polar surface area (TPSA) is 52.1 Å². The van der Waals surface area contributed by atoms with E-state index in [0.717, 1.165) is 42.7 Å². The van der Waals surface area contributed by atoms with Crippen molar-refractivity contribution in [2.45, 2.75) is 0 Å². The molecule has 0 amide bonds. The normalized spacial score (nSPS) is 12.3. The number of oxazole rings is 2. The lowest BCUT2D eigenvalue weighted by molar-refractivity contribution is 0.621. The summed E-state index contributed by atoms with van der Waals surface area (Å²) < 4.78 is 15.1. The van der Waals surface area contributed by atoms with Gasteiger partial charge in [-0.1, -0.05) is 72.8 Å². The van der Waals surface area contributed by atoms with Gasteiger partial charge in [0.2, 0.25) is 11.8 Å². The van der Waals surface area contributed by atoms with Gasteiger partial charge >= 0.3 is 0 Å². The predicted molar refractivity (Wildman–Crippen MR) is 176 cm³/mol. The number of hydrogen-bond donors (Lipinski definition) is 0. The van der Waals surface area contributed by atoms with Crippen LogP contribution in [0.1, 0.15) is 0 Å². The lowest BCUT2D eigenvalue weighted by atomic mass is 10.1. The molecule has 0 unspecified atom stereocenters. The molecular formula is C36H18N2O2S2. The number of rotatable bonds is 2. The van der Waals surface area contributed by atoms with Crippen molar-refractivity contribution in [3.63, 3.8) is 0 Å². The summed E-state index contributed by atoms with van der Waals surface area (Å²) in [6, 6.07) is 38.3. The van der Waals surface area contributed by atoms with E-state index in [2.05, 4.69) is 109 Å². The fourth-order valence-corrected chi connectivity index (χ4v) is 8.29. The Morgan fingerprint density at radius 1 is 0.429 bits per heavy atom. The van der Waals surface area contributed by atoms with Gasteiger partial charge in [-0.2, -0.15) is 0 Å². The van der Waals surface area contributed by atoms with Crippen molar-refractivity contribution in [1.29, 1.82) is 0 Å². The van der Waals surface area contributed by atoms with Gasteiger partial charge in [0.25, 0.3) is 0 Å². The maximum absolute atomic E-state index is 6.32. The van der Waals surface area contributed by atoms with E-state index in [0.29, 0.717) is 11.8 Å². The van der Waals surface area contributed by atoms with Gasteiger partial charge in [0, 0.05) is 9.40 Å². The molecule has 0 aliphatic rings. The van der Waals surface area contributed by atoms with Gasteiger partial charge in [0.15, 0.2) is 11.2 Å². The molecule has 0 atom stereocenters. The summed E-state index contributed by atoms with van der Waals surface area (Å²) in [5.41, 5.74) is 3.18. The highest BCUT2D eigenvalue weighted by Gasteiger charge is 2.17. The van der Waals surface area contributed by atoms with Gasteiger partial charge in [-0.25, -0.2) is 9.97 Å². The summed E-state index contributed by atoms with van der Waals surface area (Å²) in [6.45, 7) is 0. The van der Waals surface area contributed by atoms with Crippen LogP contribution in [0.15, 0.2) is 118 Å². The second-order valence-corrected chi connectivity index (χ2v) is 12.8. The number of benzene rings is 6. The zero-order chi connectivity index (χ0) is 27.4. The fourth-order valence-electron chi connectivity index (χ4n) is 6.05. The first-order valence-electron chi connectivity index (χ1n) is 13.7. The van der Waals surface area contributed by atoms with Crippen molar-refractivity contribution in [2.75, 3.05) is 0 Å². The van der Waals surface area contributed by atoms with Gasteiger partial charge in [0.1, 0.15) is 11.0 Å². The van der Waals surface area contributed by atoms with Crippen LogP contribution in [-0.2, 0) is 0 Å². The fraction of sp³-hybridized carbons (Fsp3) is 0. The highest BCUT2D eigenvalue weighted by atomic mass is 32.1. The predicted octanol–water partition coefficient (Wildman–Crippen LogP) is 11.2. The maximum atomic E-state index is 6.32. The number of nitrogens with zero attached hydrogens (tertiary/aromatic N) is 2. The lowest BCUT2D eigenvalue weighted by Gasteiger charge is -1.97. The van der Waals surface area contributed by atoms with Crippen molar-refractivity contribution < 1.29 is 8.83 Å². The minimum absolute atomic E-state index is 0.645. The highest BCUT2D eigenvalue weighted by Crippen LogP contribution is 2.41. The molecule has 0 saturated carbocycles. The molecule has 10 rings (SSSR count). The summed E-state index contributed by atoms with van der Waals surface area (Å²) in [5.74, 6) is 1.29. The van der Waals surface area contributed by atoms with Crippen LogP contribution in [0, 0.1) is 0 Å². The quantitative estimate of drug-likeness (QED) is 0.206. The van der Waals surface area contributed by atoms with Crippen molar-refractivity contribution in [3.8, 4) is 21.5 Å². The third kappa shape index (κ3) is 3.27. The van der Waals surface area contributed by atoms with Gasteiger partial charge < -0.3 is 8.83 Å². The van der Waals surface area contributed by atoms with Crippen molar-refractivity contribution in [1.82, 2.24) is 9.97 Å². The smallest absolute Gasteiger partial charge is 0.237 e. The Kier molecular flexibility index (Phi) is 4.45. The number of thiophene rings is 2. The first kappa shape index (κ1) is 22.6. The summed E-state index contributed by atoms with van der Waals surface area (Å²) in [6.07, 6.45) is 0. The molecule has 6 heteroatoms. The van der Waals surface area contributed by atoms with E-state index in [1.807, 2.05) is 0 Å². The van der Waals surface area contributed by atoms with E-state index in [9.17, 15) is 0 Å². The SMILES string of the molecule is c1ccc2c(c1)ccc1cc(-c3nc4cc5cc6oc(-c7cc8ccc9ccccc9c8s7)nc6cc5cc4o3)sc12. The second kappa shape index (κ2) is 8.26. The molecule has 0 aliphatic heterocycles.